The number of rotatable bonds is 4. The number of nitriles is 1. The van der Waals surface area contributed by atoms with Crippen LogP contribution in [0.4, 0.5) is 0 Å². The molecule has 188 valence electrons. The van der Waals surface area contributed by atoms with E-state index < -0.39 is 10.1 Å². The number of hydrogen-bond donors (Lipinski definition) is 3. The molecule has 0 aromatic heterocycles. The van der Waals surface area contributed by atoms with Crippen LogP contribution in [0.1, 0.15) is 54.4 Å². The molecule has 0 unspecified atom stereocenters. The van der Waals surface area contributed by atoms with Crippen LogP contribution in [0.3, 0.4) is 0 Å². The summed E-state index contributed by atoms with van der Waals surface area (Å²) < 4.78 is 29.6. The summed E-state index contributed by atoms with van der Waals surface area (Å²) in [5, 5.41) is 22.4. The lowest BCUT2D eigenvalue weighted by Gasteiger charge is -2.23. The van der Waals surface area contributed by atoms with Gasteiger partial charge in [-0.25, -0.2) is 0 Å². The smallest absolute Gasteiger partial charge is 0.294 e. The number of benzene rings is 2. The Morgan fingerprint density at radius 1 is 1.23 bits per heavy atom. The van der Waals surface area contributed by atoms with Gasteiger partial charge in [0, 0.05) is 13.1 Å². The summed E-state index contributed by atoms with van der Waals surface area (Å²) in [6.45, 7) is 7.41. The topological polar surface area (TPSA) is 131 Å². The number of phenolic OH excluding ortho intramolecular Hbond substituents is 1. The number of likely N-dealkylation sites (tertiary alicyclic amines) is 1. The van der Waals surface area contributed by atoms with E-state index in [0.29, 0.717) is 12.3 Å². The molecule has 2 aliphatic heterocycles. The van der Waals surface area contributed by atoms with Gasteiger partial charge >= 0.3 is 0 Å². The highest BCUT2D eigenvalue weighted by atomic mass is 32.2. The second-order valence-electron chi connectivity index (χ2n) is 9.19. The van der Waals surface area contributed by atoms with Gasteiger partial charge < -0.3 is 15.3 Å². The van der Waals surface area contributed by atoms with Crippen molar-refractivity contribution in [3.8, 4) is 11.8 Å². The van der Waals surface area contributed by atoms with Crippen molar-refractivity contribution in [1.82, 2.24) is 10.2 Å². The minimum Gasteiger partial charge on any atom is -0.508 e. The lowest BCUT2D eigenvalue weighted by molar-refractivity contribution is -0.133. The van der Waals surface area contributed by atoms with Gasteiger partial charge in [0.2, 0.25) is 5.91 Å². The van der Waals surface area contributed by atoms with Crippen molar-refractivity contribution in [2.75, 3.05) is 13.1 Å². The summed E-state index contributed by atoms with van der Waals surface area (Å²) in [4.78, 5) is 14.4. The molecule has 0 bridgehead atoms. The summed E-state index contributed by atoms with van der Waals surface area (Å²) in [7, 11) is -4.02. The van der Waals surface area contributed by atoms with Crippen LogP contribution in [0, 0.1) is 25.2 Å². The van der Waals surface area contributed by atoms with E-state index in [9.17, 15) is 23.6 Å². The zero-order valence-corrected chi connectivity index (χ0v) is 21.2. The second kappa shape index (κ2) is 11.2. The molecule has 4 rings (SSSR count). The molecule has 2 fully saturated rings. The van der Waals surface area contributed by atoms with Crippen LogP contribution in [0.2, 0.25) is 0 Å². The maximum absolute atomic E-state index is 12.8. The van der Waals surface area contributed by atoms with E-state index in [1.165, 1.54) is 17.7 Å². The summed E-state index contributed by atoms with van der Waals surface area (Å²) >= 11 is 0. The fourth-order valence-corrected chi connectivity index (χ4v) is 5.43. The number of carbonyl (C=O) groups is 1. The number of phenols is 1. The van der Waals surface area contributed by atoms with Crippen LogP contribution in [0.15, 0.2) is 41.3 Å². The molecule has 2 aliphatic rings. The van der Waals surface area contributed by atoms with E-state index in [1.54, 1.807) is 23.1 Å². The van der Waals surface area contributed by atoms with Gasteiger partial charge in [0.15, 0.2) is 0 Å². The molecule has 3 atom stereocenters. The molecule has 0 radical (unpaired) electrons. The fourth-order valence-electron chi connectivity index (χ4n) is 4.95. The highest BCUT2D eigenvalue weighted by Gasteiger charge is 2.38. The number of carbonyl (C=O) groups excluding carboxylic acids is 1. The Kier molecular flexibility index (Phi) is 8.54. The predicted molar refractivity (Wildman–Crippen MR) is 133 cm³/mol. The average molecular weight is 500 g/mol. The van der Waals surface area contributed by atoms with Crippen molar-refractivity contribution in [2.24, 2.45) is 0 Å². The highest BCUT2D eigenvalue weighted by molar-refractivity contribution is 7.85. The van der Waals surface area contributed by atoms with Crippen molar-refractivity contribution >= 4 is 16.0 Å². The summed E-state index contributed by atoms with van der Waals surface area (Å²) in [5.41, 5.74) is 4.46. The van der Waals surface area contributed by atoms with Crippen LogP contribution in [-0.2, 0) is 21.3 Å². The minimum atomic E-state index is -4.02. The SMILES string of the molecule is CCc1cc(O)cc(C)c1[C@@H]1CN[C@H](C(=O)N2CCC[C@H]2C#N)C1.Cc1ccc(S(=O)(=O)O)cc1. The summed E-state index contributed by atoms with van der Waals surface area (Å²) in [6.07, 6.45) is 3.32. The lowest BCUT2D eigenvalue weighted by Crippen LogP contribution is -2.45. The standard InChI is InChI=1S/C19H25N3O2.C7H8O3S/c1-3-13-8-16(23)7-12(2)18(13)14-9-17(21-11-14)19(24)22-6-4-5-15(22)10-20;1-6-2-4-7(5-3-6)11(8,9)10/h7-8,14-15,17,21,23H,3-6,9,11H2,1-2H3;2-5H,1H3,(H,8,9,10)/t14-,15-,17-;/m0./s1. The maximum Gasteiger partial charge on any atom is 0.294 e. The fraction of sp³-hybridized carbons (Fsp3) is 0.462. The number of nitrogens with one attached hydrogen (secondary N) is 1. The van der Waals surface area contributed by atoms with Gasteiger partial charge in [0.25, 0.3) is 10.1 Å². The molecule has 3 N–H and O–H groups in total. The lowest BCUT2D eigenvalue weighted by atomic mass is 9.87. The quantitative estimate of drug-likeness (QED) is 0.549. The van der Waals surface area contributed by atoms with Crippen molar-refractivity contribution in [1.29, 1.82) is 5.26 Å². The van der Waals surface area contributed by atoms with Crippen LogP contribution in [-0.4, -0.2) is 54.1 Å². The zero-order chi connectivity index (χ0) is 25.8. The van der Waals surface area contributed by atoms with Gasteiger partial charge in [-0.2, -0.15) is 13.7 Å². The van der Waals surface area contributed by atoms with Crippen molar-refractivity contribution in [2.45, 2.75) is 69.4 Å². The third kappa shape index (κ3) is 6.40. The van der Waals surface area contributed by atoms with E-state index in [2.05, 4.69) is 18.3 Å². The number of amides is 1. The van der Waals surface area contributed by atoms with E-state index >= 15 is 0 Å². The monoisotopic (exact) mass is 499 g/mol. The van der Waals surface area contributed by atoms with Gasteiger partial charge in [-0.3, -0.25) is 9.35 Å². The second-order valence-corrected chi connectivity index (χ2v) is 10.6. The van der Waals surface area contributed by atoms with Crippen LogP contribution >= 0.6 is 0 Å². The molecule has 8 nitrogen and oxygen atoms in total. The van der Waals surface area contributed by atoms with Crippen LogP contribution in [0.5, 0.6) is 5.75 Å². The molecule has 2 heterocycles. The van der Waals surface area contributed by atoms with Crippen LogP contribution in [0.25, 0.3) is 0 Å². The van der Waals surface area contributed by atoms with E-state index in [-0.39, 0.29) is 28.8 Å². The first-order valence-electron chi connectivity index (χ1n) is 11.8. The largest absolute Gasteiger partial charge is 0.508 e. The molecule has 35 heavy (non-hydrogen) atoms. The molecule has 9 heteroatoms. The van der Waals surface area contributed by atoms with Crippen molar-refractivity contribution < 1.29 is 22.9 Å². The van der Waals surface area contributed by atoms with Crippen molar-refractivity contribution in [3.63, 3.8) is 0 Å². The normalized spacial score (nSPS) is 21.8. The molecule has 1 amide bonds. The molecule has 2 saturated heterocycles. The summed E-state index contributed by atoms with van der Waals surface area (Å²) in [5.74, 6) is 0.647. The highest BCUT2D eigenvalue weighted by Crippen LogP contribution is 2.34. The average Bonchev–Trinajstić information content (AvgIpc) is 3.48. The summed E-state index contributed by atoms with van der Waals surface area (Å²) in [6, 6.07) is 11.4. The Hall–Kier alpha value is -2.93. The van der Waals surface area contributed by atoms with Crippen LogP contribution < -0.4 is 5.32 Å². The first kappa shape index (κ1) is 26.7. The van der Waals surface area contributed by atoms with Gasteiger partial charge in [-0.05, 0) is 86.4 Å². The third-order valence-electron chi connectivity index (χ3n) is 6.68. The van der Waals surface area contributed by atoms with Gasteiger partial charge in [0.05, 0.1) is 17.0 Å². The van der Waals surface area contributed by atoms with E-state index in [1.807, 2.05) is 19.9 Å². The first-order valence-corrected chi connectivity index (χ1v) is 13.3. The predicted octanol–water partition coefficient (Wildman–Crippen LogP) is 3.46. The molecule has 2 aromatic carbocycles. The first-order chi connectivity index (χ1) is 16.5. The Morgan fingerprint density at radius 2 is 1.91 bits per heavy atom. The molecule has 0 saturated carbocycles. The Morgan fingerprint density at radius 3 is 2.51 bits per heavy atom. The number of hydrogen-bond acceptors (Lipinski definition) is 6. The number of aromatic hydroxyl groups is 1. The Balaban J connectivity index is 0.000000261. The molecule has 0 aliphatic carbocycles. The Bertz CT molecular complexity index is 1200. The zero-order valence-electron chi connectivity index (χ0n) is 20.4. The maximum atomic E-state index is 12.8. The Labute approximate surface area is 207 Å². The minimum absolute atomic E-state index is 0.0658. The molecule has 0 spiro atoms. The third-order valence-corrected chi connectivity index (χ3v) is 7.55. The number of nitrogens with zero attached hydrogens (tertiary/aromatic N) is 2. The molecule has 2 aromatic rings. The van der Waals surface area contributed by atoms with Gasteiger partial charge in [-0.15, -0.1) is 0 Å². The van der Waals surface area contributed by atoms with Crippen molar-refractivity contribution in [3.05, 3.63) is 58.7 Å². The molecular formula is C26H33N3O5S. The van der Waals surface area contributed by atoms with Gasteiger partial charge in [0.1, 0.15) is 11.8 Å². The van der Waals surface area contributed by atoms with Gasteiger partial charge in [-0.1, -0.05) is 24.6 Å². The van der Waals surface area contributed by atoms with E-state index in [0.717, 1.165) is 48.9 Å². The number of aryl methyl sites for hydroxylation is 3. The van der Waals surface area contributed by atoms with E-state index in [4.69, 9.17) is 4.55 Å². The molecular weight excluding hydrogens is 466 g/mol.